The fraction of sp³-hybridized carbons (Fsp3) is 0.500. The van der Waals surface area contributed by atoms with Crippen molar-refractivity contribution in [2.24, 2.45) is 0 Å². The van der Waals surface area contributed by atoms with Crippen LogP contribution < -0.4 is 4.74 Å². The molecule has 3 heteroatoms. The summed E-state index contributed by atoms with van der Waals surface area (Å²) in [7, 11) is 1.64. The Labute approximate surface area is 152 Å². The monoisotopic (exact) mass is 341 g/mol. The Morgan fingerprint density at radius 3 is 2.08 bits per heavy atom. The Kier molecular flexibility index (Phi) is 7.01. The number of hydrogen-bond acceptors (Lipinski definition) is 3. The van der Waals surface area contributed by atoms with Crippen LogP contribution in [0.4, 0.5) is 0 Å². The van der Waals surface area contributed by atoms with E-state index < -0.39 is 6.10 Å². The molecule has 0 aliphatic heterocycles. The quantitative estimate of drug-likeness (QED) is 0.710. The third-order valence-corrected chi connectivity index (χ3v) is 4.83. The number of nitrogens with zero attached hydrogens (tertiary/aromatic N) is 1. The summed E-state index contributed by atoms with van der Waals surface area (Å²) in [6.45, 7) is 8.55. The van der Waals surface area contributed by atoms with E-state index in [2.05, 4.69) is 52.0 Å². The molecule has 1 heterocycles. The Bertz CT molecular complexity index is 662. The smallest absolute Gasteiger partial charge is 0.219 e. The molecule has 1 N–H and O–H groups in total. The third-order valence-electron chi connectivity index (χ3n) is 4.83. The van der Waals surface area contributed by atoms with Gasteiger partial charge in [0.2, 0.25) is 5.88 Å². The second-order valence-corrected chi connectivity index (χ2v) is 6.41. The molecule has 136 valence electrons. The van der Waals surface area contributed by atoms with Crippen LogP contribution in [-0.2, 0) is 19.3 Å². The lowest BCUT2D eigenvalue weighted by molar-refractivity contribution is 0.160. The highest BCUT2D eigenvalue weighted by Gasteiger charge is 2.21. The number of rotatable bonds is 8. The van der Waals surface area contributed by atoms with E-state index in [1.165, 1.54) is 16.7 Å². The van der Waals surface area contributed by atoms with Crippen LogP contribution in [0.1, 0.15) is 68.9 Å². The summed E-state index contributed by atoms with van der Waals surface area (Å²) in [6.07, 6.45) is 3.90. The van der Waals surface area contributed by atoms with Gasteiger partial charge < -0.3 is 9.84 Å². The zero-order chi connectivity index (χ0) is 18.4. The van der Waals surface area contributed by atoms with Crippen LogP contribution in [0.25, 0.3) is 11.3 Å². The molecular weight excluding hydrogens is 310 g/mol. The normalized spacial score (nSPS) is 12.2. The molecule has 1 aromatic heterocycles. The molecule has 2 aromatic rings. The molecule has 1 atom stereocenters. The molecule has 1 aromatic carbocycles. The number of hydrogen-bond donors (Lipinski definition) is 1. The fourth-order valence-corrected chi connectivity index (χ4v) is 3.50. The first-order chi connectivity index (χ1) is 12.1. The van der Waals surface area contributed by atoms with Crippen molar-refractivity contribution in [2.45, 2.75) is 65.9 Å². The van der Waals surface area contributed by atoms with E-state index in [0.717, 1.165) is 48.9 Å². The summed E-state index contributed by atoms with van der Waals surface area (Å²) >= 11 is 0. The lowest BCUT2D eigenvalue weighted by Gasteiger charge is -2.20. The van der Waals surface area contributed by atoms with E-state index in [9.17, 15) is 5.11 Å². The van der Waals surface area contributed by atoms with E-state index in [1.807, 2.05) is 0 Å². The predicted molar refractivity (Wildman–Crippen MR) is 104 cm³/mol. The zero-order valence-electron chi connectivity index (χ0n) is 16.2. The Balaban J connectivity index is 2.69. The van der Waals surface area contributed by atoms with Crippen LogP contribution in [-0.4, -0.2) is 17.2 Å². The van der Waals surface area contributed by atoms with Gasteiger partial charge in [0.15, 0.2) is 0 Å². The molecule has 0 aliphatic rings. The van der Waals surface area contributed by atoms with Crippen LogP contribution in [0.3, 0.4) is 0 Å². The van der Waals surface area contributed by atoms with Gasteiger partial charge in [-0.25, -0.2) is 4.98 Å². The first-order valence-electron chi connectivity index (χ1n) is 9.48. The second-order valence-electron chi connectivity index (χ2n) is 6.41. The molecule has 25 heavy (non-hydrogen) atoms. The van der Waals surface area contributed by atoms with Gasteiger partial charge >= 0.3 is 0 Å². The molecule has 3 nitrogen and oxygen atoms in total. The summed E-state index contributed by atoms with van der Waals surface area (Å²) in [5, 5.41) is 10.6. The Hall–Kier alpha value is -1.87. The number of benzene rings is 1. The lowest BCUT2D eigenvalue weighted by atomic mass is 9.92. The van der Waals surface area contributed by atoms with Gasteiger partial charge in [-0.3, -0.25) is 0 Å². The van der Waals surface area contributed by atoms with Crippen molar-refractivity contribution in [3.8, 4) is 17.1 Å². The van der Waals surface area contributed by atoms with E-state index in [4.69, 9.17) is 9.72 Å². The molecule has 0 spiro atoms. The number of methoxy groups -OCH3 is 1. The van der Waals surface area contributed by atoms with Crippen LogP contribution in [0.2, 0.25) is 0 Å². The average Bonchev–Trinajstić information content (AvgIpc) is 2.66. The number of aryl methyl sites for hydroxylation is 3. The minimum atomic E-state index is -0.525. The van der Waals surface area contributed by atoms with Crippen molar-refractivity contribution in [3.63, 3.8) is 0 Å². The van der Waals surface area contributed by atoms with Crippen molar-refractivity contribution < 1.29 is 9.84 Å². The van der Waals surface area contributed by atoms with Gasteiger partial charge in [-0.05, 0) is 48.4 Å². The largest absolute Gasteiger partial charge is 0.481 e. The molecule has 0 fully saturated rings. The molecular formula is C22H31NO2. The van der Waals surface area contributed by atoms with Crippen LogP contribution in [0.5, 0.6) is 5.88 Å². The van der Waals surface area contributed by atoms with Gasteiger partial charge in [0.25, 0.3) is 0 Å². The van der Waals surface area contributed by atoms with Gasteiger partial charge in [0.05, 0.1) is 18.9 Å². The Morgan fingerprint density at radius 2 is 1.60 bits per heavy atom. The SMILES string of the molecule is CCCC(O)c1c(CC)cc(-c2c(CC)cccc2CC)nc1OC. The van der Waals surface area contributed by atoms with Gasteiger partial charge in [-0.1, -0.05) is 52.3 Å². The van der Waals surface area contributed by atoms with E-state index in [1.54, 1.807) is 7.11 Å². The van der Waals surface area contributed by atoms with Gasteiger partial charge in [-0.15, -0.1) is 0 Å². The maximum Gasteiger partial charge on any atom is 0.219 e. The van der Waals surface area contributed by atoms with E-state index in [-0.39, 0.29) is 0 Å². The average molecular weight is 341 g/mol. The van der Waals surface area contributed by atoms with Crippen molar-refractivity contribution in [2.75, 3.05) is 7.11 Å². The standard InChI is InChI=1S/C22H31NO2/c1-6-11-19(24)21-17(9-4)14-18(23-22(21)25-5)20-15(7-2)12-10-13-16(20)8-3/h10,12-14,19,24H,6-9,11H2,1-5H3. The first kappa shape index (κ1) is 19.5. The maximum absolute atomic E-state index is 10.6. The molecule has 0 bridgehead atoms. The summed E-state index contributed by atoms with van der Waals surface area (Å²) in [5.41, 5.74) is 6.75. The molecule has 1 unspecified atom stereocenters. The first-order valence-corrected chi connectivity index (χ1v) is 9.48. The summed E-state index contributed by atoms with van der Waals surface area (Å²) < 4.78 is 5.59. The zero-order valence-corrected chi connectivity index (χ0v) is 16.2. The lowest BCUT2D eigenvalue weighted by Crippen LogP contribution is -2.08. The van der Waals surface area contributed by atoms with Crippen LogP contribution >= 0.6 is 0 Å². The predicted octanol–water partition coefficient (Wildman–Crippen LogP) is 5.28. The van der Waals surface area contributed by atoms with E-state index in [0.29, 0.717) is 5.88 Å². The molecule has 0 amide bonds. The van der Waals surface area contributed by atoms with E-state index >= 15 is 0 Å². The second kappa shape index (κ2) is 9.00. The molecule has 0 radical (unpaired) electrons. The summed E-state index contributed by atoms with van der Waals surface area (Å²) in [5.74, 6) is 0.559. The Morgan fingerprint density at radius 1 is 1.00 bits per heavy atom. The topological polar surface area (TPSA) is 42.4 Å². The molecule has 0 saturated carbocycles. The van der Waals surface area contributed by atoms with Crippen molar-refractivity contribution in [1.82, 2.24) is 4.98 Å². The highest BCUT2D eigenvalue weighted by Crippen LogP contribution is 2.36. The number of pyridine rings is 1. The molecule has 0 saturated heterocycles. The number of aliphatic hydroxyl groups excluding tert-OH is 1. The number of aliphatic hydroxyl groups is 1. The summed E-state index contributed by atoms with van der Waals surface area (Å²) in [4.78, 5) is 4.81. The minimum absolute atomic E-state index is 0.525. The molecule has 0 aliphatic carbocycles. The molecule has 2 rings (SSSR count). The van der Waals surface area contributed by atoms with Crippen molar-refractivity contribution in [3.05, 3.63) is 46.5 Å². The van der Waals surface area contributed by atoms with Crippen molar-refractivity contribution >= 4 is 0 Å². The minimum Gasteiger partial charge on any atom is -0.481 e. The highest BCUT2D eigenvalue weighted by molar-refractivity contribution is 5.70. The van der Waals surface area contributed by atoms with Gasteiger partial charge in [-0.2, -0.15) is 0 Å². The third kappa shape index (κ3) is 4.04. The van der Waals surface area contributed by atoms with Gasteiger partial charge in [0, 0.05) is 11.1 Å². The number of aromatic nitrogens is 1. The summed E-state index contributed by atoms with van der Waals surface area (Å²) in [6, 6.07) is 8.62. The van der Waals surface area contributed by atoms with Crippen molar-refractivity contribution in [1.29, 1.82) is 0 Å². The fourth-order valence-electron chi connectivity index (χ4n) is 3.50. The maximum atomic E-state index is 10.6. The van der Waals surface area contributed by atoms with Crippen LogP contribution in [0.15, 0.2) is 24.3 Å². The van der Waals surface area contributed by atoms with Crippen LogP contribution in [0, 0.1) is 0 Å². The number of ether oxygens (including phenoxy) is 1. The van der Waals surface area contributed by atoms with Gasteiger partial charge in [0.1, 0.15) is 0 Å². The highest BCUT2D eigenvalue weighted by atomic mass is 16.5.